The quantitative estimate of drug-likeness (QED) is 0.843. The SMILES string of the molecule is CS(=O)(=O)Cc1csc(-c2ccccc2)n1. The van der Waals surface area contributed by atoms with Gasteiger partial charge in [0, 0.05) is 17.2 Å². The molecule has 0 saturated heterocycles. The molecule has 84 valence electrons. The van der Waals surface area contributed by atoms with E-state index >= 15 is 0 Å². The van der Waals surface area contributed by atoms with Gasteiger partial charge in [-0.25, -0.2) is 13.4 Å². The van der Waals surface area contributed by atoms with Gasteiger partial charge in [0.05, 0.1) is 11.4 Å². The maximum Gasteiger partial charge on any atom is 0.153 e. The molecule has 0 atom stereocenters. The molecule has 3 nitrogen and oxygen atoms in total. The molecular weight excluding hydrogens is 242 g/mol. The van der Waals surface area contributed by atoms with E-state index in [0.29, 0.717) is 5.69 Å². The Labute approximate surface area is 98.7 Å². The molecule has 0 aliphatic rings. The Morgan fingerprint density at radius 3 is 2.56 bits per heavy atom. The van der Waals surface area contributed by atoms with Crippen molar-refractivity contribution in [3.05, 3.63) is 41.4 Å². The third-order valence-electron chi connectivity index (χ3n) is 1.98. The summed E-state index contributed by atoms with van der Waals surface area (Å²) in [6.07, 6.45) is 1.22. The Hall–Kier alpha value is -1.20. The molecule has 5 heteroatoms. The Bertz CT molecular complexity index is 573. The summed E-state index contributed by atoms with van der Waals surface area (Å²) in [6, 6.07) is 9.74. The smallest absolute Gasteiger partial charge is 0.153 e. The summed E-state index contributed by atoms with van der Waals surface area (Å²) in [7, 11) is -3.00. The van der Waals surface area contributed by atoms with E-state index in [1.54, 1.807) is 5.38 Å². The van der Waals surface area contributed by atoms with Crippen LogP contribution in [0.4, 0.5) is 0 Å². The third-order valence-corrected chi connectivity index (χ3v) is 3.74. The number of thiazole rings is 1. The summed E-state index contributed by atoms with van der Waals surface area (Å²) in [5, 5.41) is 2.66. The first-order valence-electron chi connectivity index (χ1n) is 4.72. The number of sulfone groups is 1. The molecule has 2 rings (SSSR count). The third kappa shape index (κ3) is 2.90. The largest absolute Gasteiger partial charge is 0.240 e. The van der Waals surface area contributed by atoms with Crippen molar-refractivity contribution in [2.75, 3.05) is 6.26 Å². The number of rotatable bonds is 3. The van der Waals surface area contributed by atoms with Crippen LogP contribution in [0.3, 0.4) is 0 Å². The van der Waals surface area contributed by atoms with E-state index in [4.69, 9.17) is 0 Å². The first-order valence-corrected chi connectivity index (χ1v) is 7.66. The number of benzene rings is 1. The number of hydrogen-bond donors (Lipinski definition) is 0. The van der Waals surface area contributed by atoms with Crippen LogP contribution in [0.25, 0.3) is 10.6 Å². The van der Waals surface area contributed by atoms with Gasteiger partial charge >= 0.3 is 0 Å². The fraction of sp³-hybridized carbons (Fsp3) is 0.182. The van der Waals surface area contributed by atoms with Crippen LogP contribution in [-0.2, 0) is 15.6 Å². The molecule has 0 unspecified atom stereocenters. The maximum atomic E-state index is 11.1. The van der Waals surface area contributed by atoms with Gasteiger partial charge in [0.25, 0.3) is 0 Å². The highest BCUT2D eigenvalue weighted by atomic mass is 32.2. The van der Waals surface area contributed by atoms with E-state index in [0.717, 1.165) is 10.6 Å². The van der Waals surface area contributed by atoms with E-state index in [1.165, 1.54) is 17.6 Å². The molecule has 0 radical (unpaired) electrons. The second kappa shape index (κ2) is 4.35. The van der Waals surface area contributed by atoms with Crippen molar-refractivity contribution in [3.63, 3.8) is 0 Å². The van der Waals surface area contributed by atoms with Gasteiger partial charge in [-0.3, -0.25) is 0 Å². The molecule has 0 spiro atoms. The molecule has 0 amide bonds. The van der Waals surface area contributed by atoms with Gasteiger partial charge in [0.2, 0.25) is 0 Å². The highest BCUT2D eigenvalue weighted by Crippen LogP contribution is 2.23. The zero-order chi connectivity index (χ0) is 11.6. The number of nitrogens with zero attached hydrogens (tertiary/aromatic N) is 1. The highest BCUT2D eigenvalue weighted by molar-refractivity contribution is 7.89. The lowest BCUT2D eigenvalue weighted by atomic mass is 10.2. The number of hydrogen-bond acceptors (Lipinski definition) is 4. The van der Waals surface area contributed by atoms with E-state index in [2.05, 4.69) is 4.98 Å². The molecule has 2 aromatic rings. The molecule has 0 bridgehead atoms. The Balaban J connectivity index is 2.27. The topological polar surface area (TPSA) is 47.0 Å². The fourth-order valence-corrected chi connectivity index (χ4v) is 2.97. The minimum atomic E-state index is -3.00. The summed E-state index contributed by atoms with van der Waals surface area (Å²) >= 11 is 1.47. The monoisotopic (exact) mass is 253 g/mol. The molecule has 0 aliphatic heterocycles. The number of aromatic nitrogens is 1. The Morgan fingerprint density at radius 2 is 1.94 bits per heavy atom. The fourth-order valence-electron chi connectivity index (χ4n) is 1.36. The lowest BCUT2D eigenvalue weighted by Gasteiger charge is -1.94. The molecule has 1 aromatic heterocycles. The van der Waals surface area contributed by atoms with Gasteiger partial charge in [0.15, 0.2) is 9.84 Å². The van der Waals surface area contributed by atoms with Crippen LogP contribution in [0.1, 0.15) is 5.69 Å². The maximum absolute atomic E-state index is 11.1. The second-order valence-electron chi connectivity index (χ2n) is 3.58. The van der Waals surface area contributed by atoms with Gasteiger partial charge in [-0.2, -0.15) is 0 Å². The standard InChI is InChI=1S/C11H11NO2S2/c1-16(13,14)8-10-7-15-11(12-10)9-5-3-2-4-6-9/h2-7H,8H2,1H3. The van der Waals surface area contributed by atoms with Gasteiger partial charge in [-0.15, -0.1) is 11.3 Å². The summed E-state index contributed by atoms with van der Waals surface area (Å²) in [5.74, 6) is 0.0103. The van der Waals surface area contributed by atoms with Gasteiger partial charge in [-0.1, -0.05) is 30.3 Å². The molecular formula is C11H11NO2S2. The zero-order valence-electron chi connectivity index (χ0n) is 8.75. The van der Waals surface area contributed by atoms with Crippen molar-refractivity contribution in [2.24, 2.45) is 0 Å². The van der Waals surface area contributed by atoms with Crippen LogP contribution in [0.2, 0.25) is 0 Å². The minimum Gasteiger partial charge on any atom is -0.240 e. The van der Waals surface area contributed by atoms with Crippen molar-refractivity contribution >= 4 is 21.2 Å². The first kappa shape index (κ1) is 11.3. The molecule has 16 heavy (non-hydrogen) atoms. The van der Waals surface area contributed by atoms with Crippen LogP contribution in [0.15, 0.2) is 35.7 Å². The first-order chi connectivity index (χ1) is 7.54. The van der Waals surface area contributed by atoms with Crippen LogP contribution in [0.5, 0.6) is 0 Å². The zero-order valence-corrected chi connectivity index (χ0v) is 10.4. The molecule has 0 saturated carbocycles. The minimum absolute atomic E-state index is 0.0103. The average Bonchev–Trinajstić information content (AvgIpc) is 2.65. The van der Waals surface area contributed by atoms with Gasteiger partial charge in [-0.05, 0) is 0 Å². The van der Waals surface area contributed by atoms with Crippen molar-refractivity contribution in [3.8, 4) is 10.6 Å². The molecule has 0 aliphatic carbocycles. The van der Waals surface area contributed by atoms with Crippen LogP contribution in [0, 0.1) is 0 Å². The van der Waals surface area contributed by atoms with Crippen molar-refractivity contribution in [1.82, 2.24) is 4.98 Å². The lowest BCUT2D eigenvalue weighted by molar-refractivity contribution is 0.600. The van der Waals surface area contributed by atoms with E-state index in [1.807, 2.05) is 30.3 Å². The molecule has 1 aromatic carbocycles. The van der Waals surface area contributed by atoms with Crippen LogP contribution >= 0.6 is 11.3 Å². The summed E-state index contributed by atoms with van der Waals surface area (Å²) in [4.78, 5) is 4.31. The summed E-state index contributed by atoms with van der Waals surface area (Å²) in [5.41, 5.74) is 1.64. The average molecular weight is 253 g/mol. The molecule has 1 heterocycles. The normalized spacial score (nSPS) is 11.6. The Morgan fingerprint density at radius 1 is 1.25 bits per heavy atom. The van der Waals surface area contributed by atoms with Crippen LogP contribution < -0.4 is 0 Å². The van der Waals surface area contributed by atoms with Crippen molar-refractivity contribution in [2.45, 2.75) is 5.75 Å². The van der Waals surface area contributed by atoms with Crippen LogP contribution in [-0.4, -0.2) is 19.7 Å². The lowest BCUT2D eigenvalue weighted by Crippen LogP contribution is -2.00. The predicted molar refractivity (Wildman–Crippen MR) is 66.1 cm³/mol. The van der Waals surface area contributed by atoms with Gasteiger partial charge in [0.1, 0.15) is 5.01 Å². The summed E-state index contributed by atoms with van der Waals surface area (Å²) in [6.45, 7) is 0. The second-order valence-corrected chi connectivity index (χ2v) is 6.58. The molecule has 0 N–H and O–H groups in total. The Kier molecular flexibility index (Phi) is 3.07. The highest BCUT2D eigenvalue weighted by Gasteiger charge is 2.09. The summed E-state index contributed by atoms with van der Waals surface area (Å²) < 4.78 is 22.2. The van der Waals surface area contributed by atoms with E-state index in [9.17, 15) is 8.42 Å². The van der Waals surface area contributed by atoms with E-state index in [-0.39, 0.29) is 5.75 Å². The predicted octanol–water partition coefficient (Wildman–Crippen LogP) is 2.35. The van der Waals surface area contributed by atoms with Crippen molar-refractivity contribution in [1.29, 1.82) is 0 Å². The van der Waals surface area contributed by atoms with Crippen molar-refractivity contribution < 1.29 is 8.42 Å². The van der Waals surface area contributed by atoms with Gasteiger partial charge < -0.3 is 0 Å². The molecule has 0 fully saturated rings. The van der Waals surface area contributed by atoms with E-state index < -0.39 is 9.84 Å².